The number of nitrogens with one attached hydrogen (secondary N) is 2. The molecule has 1 aromatic heterocycles. The molecule has 0 saturated carbocycles. The Bertz CT molecular complexity index is 820. The van der Waals surface area contributed by atoms with Crippen LogP contribution in [0.15, 0.2) is 53.9 Å². The SMILES string of the molecule is CC(CC(=O)Nc1cccc(C(F)(F)F)c1)=NNC(=O)c1cccnc1. The zero-order chi connectivity index (χ0) is 19.2. The zero-order valence-corrected chi connectivity index (χ0v) is 13.7. The summed E-state index contributed by atoms with van der Waals surface area (Å²) in [5.41, 5.74) is 2.03. The van der Waals surface area contributed by atoms with Crippen molar-refractivity contribution in [3.63, 3.8) is 0 Å². The Kier molecular flexibility index (Phi) is 6.05. The second-order valence-corrected chi connectivity index (χ2v) is 5.33. The summed E-state index contributed by atoms with van der Waals surface area (Å²) in [4.78, 5) is 27.5. The minimum Gasteiger partial charge on any atom is -0.326 e. The van der Waals surface area contributed by atoms with Crippen LogP contribution in [0.2, 0.25) is 0 Å². The molecule has 136 valence electrons. The lowest BCUT2D eigenvalue weighted by Gasteiger charge is -2.10. The number of hydrazone groups is 1. The minimum absolute atomic E-state index is 0.0250. The molecule has 2 aromatic rings. The molecule has 2 amide bonds. The fourth-order valence-electron chi connectivity index (χ4n) is 1.96. The maximum absolute atomic E-state index is 12.7. The molecule has 2 N–H and O–H groups in total. The van der Waals surface area contributed by atoms with Crippen molar-refractivity contribution >= 4 is 23.2 Å². The van der Waals surface area contributed by atoms with Gasteiger partial charge in [0.15, 0.2) is 0 Å². The predicted octanol–water partition coefficient (Wildman–Crippen LogP) is 3.23. The maximum atomic E-state index is 12.7. The second-order valence-electron chi connectivity index (χ2n) is 5.33. The number of hydrogen-bond donors (Lipinski definition) is 2. The molecule has 9 heteroatoms. The average molecular weight is 364 g/mol. The highest BCUT2D eigenvalue weighted by atomic mass is 19.4. The van der Waals surface area contributed by atoms with Crippen molar-refractivity contribution in [2.75, 3.05) is 5.32 Å². The first-order valence-electron chi connectivity index (χ1n) is 7.46. The van der Waals surface area contributed by atoms with E-state index in [9.17, 15) is 22.8 Å². The highest BCUT2D eigenvalue weighted by Gasteiger charge is 2.30. The van der Waals surface area contributed by atoms with E-state index >= 15 is 0 Å². The predicted molar refractivity (Wildman–Crippen MR) is 89.5 cm³/mol. The summed E-state index contributed by atoms with van der Waals surface area (Å²) in [7, 11) is 0. The van der Waals surface area contributed by atoms with Gasteiger partial charge in [0.2, 0.25) is 5.91 Å². The van der Waals surface area contributed by atoms with E-state index in [4.69, 9.17) is 0 Å². The molecule has 0 fully saturated rings. The molecule has 0 radical (unpaired) electrons. The average Bonchev–Trinajstić information content (AvgIpc) is 2.60. The molecular weight excluding hydrogens is 349 g/mol. The van der Waals surface area contributed by atoms with Crippen LogP contribution in [-0.4, -0.2) is 22.5 Å². The van der Waals surface area contributed by atoms with Crippen LogP contribution in [0.5, 0.6) is 0 Å². The number of carbonyl (C=O) groups is 2. The van der Waals surface area contributed by atoms with Crippen molar-refractivity contribution in [2.45, 2.75) is 19.5 Å². The number of carbonyl (C=O) groups excluding carboxylic acids is 2. The van der Waals surface area contributed by atoms with Crippen molar-refractivity contribution in [1.29, 1.82) is 0 Å². The van der Waals surface area contributed by atoms with E-state index < -0.39 is 23.6 Å². The lowest BCUT2D eigenvalue weighted by atomic mass is 10.2. The maximum Gasteiger partial charge on any atom is 0.416 e. The summed E-state index contributed by atoms with van der Waals surface area (Å²) >= 11 is 0. The summed E-state index contributed by atoms with van der Waals surface area (Å²) in [6, 6.07) is 7.45. The Morgan fingerprint density at radius 1 is 1.19 bits per heavy atom. The van der Waals surface area contributed by atoms with Crippen LogP contribution >= 0.6 is 0 Å². The van der Waals surface area contributed by atoms with E-state index in [0.717, 1.165) is 12.1 Å². The third kappa shape index (κ3) is 5.69. The van der Waals surface area contributed by atoms with Gasteiger partial charge >= 0.3 is 6.18 Å². The monoisotopic (exact) mass is 364 g/mol. The number of aromatic nitrogens is 1. The molecule has 1 aromatic carbocycles. The normalized spacial score (nSPS) is 11.8. The number of hydrogen-bond acceptors (Lipinski definition) is 4. The summed E-state index contributed by atoms with van der Waals surface area (Å²) in [5, 5.41) is 6.15. The first-order valence-corrected chi connectivity index (χ1v) is 7.46. The number of amides is 2. The molecule has 1 heterocycles. The van der Waals surface area contributed by atoms with Crippen LogP contribution in [0, 0.1) is 0 Å². The van der Waals surface area contributed by atoms with E-state index in [1.165, 1.54) is 31.5 Å². The minimum atomic E-state index is -4.49. The van der Waals surface area contributed by atoms with E-state index in [1.807, 2.05) is 0 Å². The van der Waals surface area contributed by atoms with Crippen LogP contribution < -0.4 is 10.7 Å². The number of pyridine rings is 1. The molecule has 0 atom stereocenters. The van der Waals surface area contributed by atoms with Crippen molar-refractivity contribution in [3.8, 4) is 0 Å². The molecule has 0 spiro atoms. The van der Waals surface area contributed by atoms with Crippen LogP contribution in [0.1, 0.15) is 29.3 Å². The van der Waals surface area contributed by atoms with Crippen molar-refractivity contribution in [1.82, 2.24) is 10.4 Å². The number of nitrogens with zero attached hydrogens (tertiary/aromatic N) is 2. The van der Waals surface area contributed by atoms with Gasteiger partial charge < -0.3 is 5.32 Å². The number of alkyl halides is 3. The van der Waals surface area contributed by atoms with Crippen LogP contribution in [0.4, 0.5) is 18.9 Å². The largest absolute Gasteiger partial charge is 0.416 e. The molecule has 0 bridgehead atoms. The van der Waals surface area contributed by atoms with Gasteiger partial charge in [-0.2, -0.15) is 18.3 Å². The van der Waals surface area contributed by atoms with Gasteiger partial charge in [-0.15, -0.1) is 0 Å². The van der Waals surface area contributed by atoms with Crippen LogP contribution in [0.3, 0.4) is 0 Å². The lowest BCUT2D eigenvalue weighted by molar-refractivity contribution is -0.137. The summed E-state index contributed by atoms with van der Waals surface area (Å²) < 4.78 is 38.0. The summed E-state index contributed by atoms with van der Waals surface area (Å²) in [5.74, 6) is -1.04. The van der Waals surface area contributed by atoms with Gasteiger partial charge in [0.05, 0.1) is 17.5 Å². The molecule has 6 nitrogen and oxygen atoms in total. The zero-order valence-electron chi connectivity index (χ0n) is 13.7. The van der Waals surface area contributed by atoms with Crippen molar-refractivity contribution < 1.29 is 22.8 Å². The molecule has 0 unspecified atom stereocenters. The fourth-order valence-corrected chi connectivity index (χ4v) is 1.96. The Morgan fingerprint density at radius 3 is 2.62 bits per heavy atom. The van der Waals surface area contributed by atoms with Crippen LogP contribution in [0.25, 0.3) is 0 Å². The number of benzene rings is 1. The second kappa shape index (κ2) is 8.24. The van der Waals surface area contributed by atoms with E-state index in [-0.39, 0.29) is 17.8 Å². The van der Waals surface area contributed by atoms with Gasteiger partial charge in [-0.3, -0.25) is 14.6 Å². The van der Waals surface area contributed by atoms with E-state index in [2.05, 4.69) is 20.8 Å². The third-order valence-corrected chi connectivity index (χ3v) is 3.16. The number of halogens is 3. The van der Waals surface area contributed by atoms with Crippen LogP contribution in [-0.2, 0) is 11.0 Å². The molecule has 0 saturated heterocycles. The van der Waals surface area contributed by atoms with Gasteiger partial charge in [-0.25, -0.2) is 5.43 Å². The smallest absolute Gasteiger partial charge is 0.326 e. The molecule has 0 aliphatic rings. The highest BCUT2D eigenvalue weighted by Crippen LogP contribution is 2.30. The Morgan fingerprint density at radius 2 is 1.96 bits per heavy atom. The molecule has 26 heavy (non-hydrogen) atoms. The highest BCUT2D eigenvalue weighted by molar-refractivity contribution is 6.06. The number of rotatable bonds is 5. The van der Waals surface area contributed by atoms with E-state index in [1.54, 1.807) is 12.1 Å². The molecule has 0 aliphatic heterocycles. The van der Waals surface area contributed by atoms with E-state index in [0.29, 0.717) is 5.56 Å². The van der Waals surface area contributed by atoms with Gasteiger partial charge in [0, 0.05) is 23.8 Å². The van der Waals surface area contributed by atoms with Gasteiger partial charge in [0.25, 0.3) is 5.91 Å². The Labute approximate surface area is 147 Å². The van der Waals surface area contributed by atoms with Crippen molar-refractivity contribution in [2.24, 2.45) is 5.10 Å². The Balaban J connectivity index is 1.92. The Hall–Kier alpha value is -3.23. The molecule has 0 aliphatic carbocycles. The summed E-state index contributed by atoms with van der Waals surface area (Å²) in [6.07, 6.45) is -1.80. The van der Waals surface area contributed by atoms with Gasteiger partial charge in [0.1, 0.15) is 0 Å². The van der Waals surface area contributed by atoms with Gasteiger partial charge in [-0.1, -0.05) is 6.07 Å². The van der Waals surface area contributed by atoms with Crippen molar-refractivity contribution in [3.05, 3.63) is 59.9 Å². The number of anilines is 1. The topological polar surface area (TPSA) is 83.5 Å². The quantitative estimate of drug-likeness (QED) is 0.631. The molecule has 2 rings (SSSR count). The van der Waals surface area contributed by atoms with Gasteiger partial charge in [-0.05, 0) is 37.3 Å². The third-order valence-electron chi connectivity index (χ3n) is 3.16. The summed E-state index contributed by atoms with van der Waals surface area (Å²) in [6.45, 7) is 1.51. The first kappa shape index (κ1) is 19.1. The lowest BCUT2D eigenvalue weighted by Crippen LogP contribution is -2.21. The first-order chi connectivity index (χ1) is 12.3. The standard InChI is InChI=1S/C17H15F3N4O2/c1-11(23-24-16(26)12-4-3-7-21-10-12)8-15(25)22-14-6-2-5-13(9-14)17(18,19)20/h2-7,9-10H,8H2,1H3,(H,22,25)(H,24,26). The molecular formula is C17H15F3N4O2. The fraction of sp³-hybridized carbons (Fsp3) is 0.176.